The summed E-state index contributed by atoms with van der Waals surface area (Å²) in [5, 5.41) is 5.06. The van der Waals surface area contributed by atoms with E-state index in [4.69, 9.17) is 0 Å². The fourth-order valence-electron chi connectivity index (χ4n) is 3.60. The lowest BCUT2D eigenvalue weighted by atomic mass is 10.1. The molecule has 0 radical (unpaired) electrons. The predicted octanol–water partition coefficient (Wildman–Crippen LogP) is 3.97. The Labute approximate surface area is 169 Å². The van der Waals surface area contributed by atoms with Crippen LogP contribution in [0.25, 0.3) is 21.8 Å². The number of hydrogen-bond donors (Lipinski definition) is 2. The highest BCUT2D eigenvalue weighted by molar-refractivity contribution is 7.89. The first-order valence-electron chi connectivity index (χ1n) is 9.30. The largest absolute Gasteiger partial charge is 0.341 e. The fourth-order valence-corrected chi connectivity index (χ4v) is 4.37. The summed E-state index contributed by atoms with van der Waals surface area (Å²) >= 11 is 0. The van der Waals surface area contributed by atoms with Gasteiger partial charge in [0.2, 0.25) is 10.0 Å². The summed E-state index contributed by atoms with van der Waals surface area (Å²) in [6.45, 7) is 2.95. The third kappa shape index (κ3) is 3.39. The molecule has 1 aromatic heterocycles. The smallest absolute Gasteiger partial charge is 0.255 e. The number of aryl methyl sites for hydroxylation is 1. The molecular formula is C22H21N3O3S. The third-order valence-electron chi connectivity index (χ3n) is 5.02. The maximum absolute atomic E-state index is 12.7. The number of anilines is 1. The van der Waals surface area contributed by atoms with Gasteiger partial charge in [0.1, 0.15) is 0 Å². The van der Waals surface area contributed by atoms with Crippen LogP contribution in [0.15, 0.2) is 71.6 Å². The zero-order chi connectivity index (χ0) is 20.6. The molecule has 148 valence electrons. The second-order valence-corrected chi connectivity index (χ2v) is 8.57. The lowest BCUT2D eigenvalue weighted by molar-refractivity contribution is 0.102. The lowest BCUT2D eigenvalue weighted by Gasteiger charge is -2.08. The molecule has 4 aromatic rings. The summed E-state index contributed by atoms with van der Waals surface area (Å²) in [4.78, 5) is 12.8. The predicted molar refractivity (Wildman–Crippen MR) is 116 cm³/mol. The van der Waals surface area contributed by atoms with Crippen LogP contribution >= 0.6 is 0 Å². The van der Waals surface area contributed by atoms with Gasteiger partial charge < -0.3 is 9.88 Å². The minimum atomic E-state index is -3.61. The highest BCUT2D eigenvalue weighted by Gasteiger charge is 2.15. The molecule has 4 rings (SSSR count). The molecule has 3 aromatic carbocycles. The van der Waals surface area contributed by atoms with Crippen LogP contribution in [-0.4, -0.2) is 25.9 Å². The van der Waals surface area contributed by atoms with Crippen LogP contribution in [0.2, 0.25) is 0 Å². The van der Waals surface area contributed by atoms with Crippen molar-refractivity contribution in [3.05, 3.63) is 72.3 Å². The van der Waals surface area contributed by atoms with Gasteiger partial charge >= 0.3 is 0 Å². The topological polar surface area (TPSA) is 80.2 Å². The molecule has 0 saturated carbocycles. The average molecular weight is 407 g/mol. The molecule has 29 heavy (non-hydrogen) atoms. The van der Waals surface area contributed by atoms with Crippen molar-refractivity contribution in [3.63, 3.8) is 0 Å². The Morgan fingerprint density at radius 1 is 0.931 bits per heavy atom. The normalized spacial score (nSPS) is 11.8. The van der Waals surface area contributed by atoms with Crippen molar-refractivity contribution in [2.45, 2.75) is 18.4 Å². The van der Waals surface area contributed by atoms with E-state index in [1.165, 1.54) is 19.2 Å². The number of rotatable bonds is 5. The summed E-state index contributed by atoms with van der Waals surface area (Å²) in [6.07, 6.45) is 0. The zero-order valence-electron chi connectivity index (χ0n) is 16.1. The summed E-state index contributed by atoms with van der Waals surface area (Å²) in [5.74, 6) is -0.364. The molecule has 7 heteroatoms. The Bertz CT molecular complexity index is 1340. The molecular weight excluding hydrogens is 386 g/mol. The number of benzene rings is 3. The van der Waals surface area contributed by atoms with Crippen molar-refractivity contribution in [2.24, 2.45) is 0 Å². The highest BCUT2D eigenvalue weighted by Crippen LogP contribution is 2.31. The second-order valence-electron chi connectivity index (χ2n) is 6.68. The van der Waals surface area contributed by atoms with E-state index < -0.39 is 10.0 Å². The Hall–Kier alpha value is -3.16. The lowest BCUT2D eigenvalue weighted by Crippen LogP contribution is -2.19. The van der Waals surface area contributed by atoms with E-state index in [1.807, 2.05) is 30.3 Å². The minimum absolute atomic E-state index is 0.0501. The summed E-state index contributed by atoms with van der Waals surface area (Å²) < 4.78 is 28.5. The molecule has 0 aliphatic rings. The maximum atomic E-state index is 12.7. The molecule has 0 atom stereocenters. The van der Waals surface area contributed by atoms with Crippen molar-refractivity contribution in [1.82, 2.24) is 9.29 Å². The van der Waals surface area contributed by atoms with E-state index in [2.05, 4.69) is 33.7 Å². The molecule has 0 fully saturated rings. The van der Waals surface area contributed by atoms with E-state index in [0.717, 1.165) is 28.4 Å². The number of sulfonamides is 1. The van der Waals surface area contributed by atoms with Crippen LogP contribution in [0.3, 0.4) is 0 Å². The number of carbonyl (C=O) groups excluding carboxylic acids is 1. The van der Waals surface area contributed by atoms with Crippen LogP contribution in [0.4, 0.5) is 5.69 Å². The molecule has 0 saturated heterocycles. The van der Waals surface area contributed by atoms with Gasteiger partial charge in [0.15, 0.2) is 0 Å². The third-order valence-corrected chi connectivity index (χ3v) is 6.43. The Balaban J connectivity index is 1.71. The van der Waals surface area contributed by atoms with Crippen molar-refractivity contribution in [3.8, 4) is 0 Å². The number of aromatic nitrogens is 1. The number of para-hydroxylation sites is 1. The van der Waals surface area contributed by atoms with Gasteiger partial charge in [0.05, 0.1) is 4.90 Å². The van der Waals surface area contributed by atoms with Gasteiger partial charge in [0, 0.05) is 39.6 Å². The molecule has 1 heterocycles. The number of hydrogen-bond acceptors (Lipinski definition) is 3. The van der Waals surface area contributed by atoms with E-state index in [-0.39, 0.29) is 16.4 Å². The molecule has 6 nitrogen and oxygen atoms in total. The standard InChI is InChI=1S/C22H21N3O3S/c1-3-25-20-10-5-4-9-18(20)19-14-16(11-12-21(19)25)24-22(26)15-7-6-8-17(13-15)29(27,28)23-2/h4-14,23H,3H2,1-2H3,(H,24,26). The van der Waals surface area contributed by atoms with Gasteiger partial charge in [-0.2, -0.15) is 0 Å². The van der Waals surface area contributed by atoms with E-state index >= 15 is 0 Å². The van der Waals surface area contributed by atoms with E-state index in [1.54, 1.807) is 12.1 Å². The summed E-state index contributed by atoms with van der Waals surface area (Å²) in [5.41, 5.74) is 3.19. The second kappa shape index (κ2) is 7.35. The summed E-state index contributed by atoms with van der Waals surface area (Å²) in [7, 11) is -2.28. The van der Waals surface area contributed by atoms with Crippen molar-refractivity contribution >= 4 is 43.4 Å². The number of nitrogens with zero attached hydrogens (tertiary/aromatic N) is 1. The first kappa shape index (κ1) is 19.2. The molecule has 2 N–H and O–H groups in total. The van der Waals surface area contributed by atoms with E-state index in [0.29, 0.717) is 5.69 Å². The number of carbonyl (C=O) groups is 1. The van der Waals surface area contributed by atoms with Gasteiger partial charge in [-0.3, -0.25) is 4.79 Å². The molecule has 0 spiro atoms. The molecule has 0 unspecified atom stereocenters. The van der Waals surface area contributed by atoms with Crippen LogP contribution in [-0.2, 0) is 16.6 Å². The first-order valence-corrected chi connectivity index (χ1v) is 10.8. The molecule has 0 bridgehead atoms. The van der Waals surface area contributed by atoms with Crippen molar-refractivity contribution in [2.75, 3.05) is 12.4 Å². The van der Waals surface area contributed by atoms with Gasteiger partial charge in [-0.15, -0.1) is 0 Å². The quantitative estimate of drug-likeness (QED) is 0.525. The fraction of sp³-hybridized carbons (Fsp3) is 0.136. The number of nitrogens with one attached hydrogen (secondary N) is 2. The monoisotopic (exact) mass is 407 g/mol. The van der Waals surface area contributed by atoms with Crippen LogP contribution < -0.4 is 10.0 Å². The van der Waals surface area contributed by atoms with Crippen molar-refractivity contribution in [1.29, 1.82) is 0 Å². The van der Waals surface area contributed by atoms with E-state index in [9.17, 15) is 13.2 Å². The zero-order valence-corrected chi connectivity index (χ0v) is 17.0. The Morgan fingerprint density at radius 2 is 1.69 bits per heavy atom. The highest BCUT2D eigenvalue weighted by atomic mass is 32.2. The SMILES string of the molecule is CCn1c2ccccc2c2cc(NC(=O)c3cccc(S(=O)(=O)NC)c3)ccc21. The average Bonchev–Trinajstić information content (AvgIpc) is 3.07. The minimum Gasteiger partial charge on any atom is -0.341 e. The number of amides is 1. The van der Waals surface area contributed by atoms with Crippen LogP contribution in [0.5, 0.6) is 0 Å². The maximum Gasteiger partial charge on any atom is 0.255 e. The van der Waals surface area contributed by atoms with Crippen molar-refractivity contribution < 1.29 is 13.2 Å². The Morgan fingerprint density at radius 3 is 2.45 bits per heavy atom. The Kier molecular flexibility index (Phi) is 4.86. The summed E-state index contributed by atoms with van der Waals surface area (Å²) in [6, 6.07) is 19.9. The van der Waals surface area contributed by atoms with Gasteiger partial charge in [-0.25, -0.2) is 13.1 Å². The number of fused-ring (bicyclic) bond motifs is 3. The molecule has 0 aliphatic carbocycles. The van der Waals surface area contributed by atoms with Gasteiger partial charge in [-0.05, 0) is 56.4 Å². The van der Waals surface area contributed by atoms with Crippen LogP contribution in [0.1, 0.15) is 17.3 Å². The van der Waals surface area contributed by atoms with Crippen LogP contribution in [0, 0.1) is 0 Å². The first-order chi connectivity index (χ1) is 13.9. The molecule has 0 aliphatic heterocycles. The molecule has 1 amide bonds. The van der Waals surface area contributed by atoms with Gasteiger partial charge in [0.25, 0.3) is 5.91 Å². The van der Waals surface area contributed by atoms with Gasteiger partial charge in [-0.1, -0.05) is 24.3 Å².